The van der Waals surface area contributed by atoms with Gasteiger partial charge < -0.3 is 15.8 Å². The third-order valence-electron chi connectivity index (χ3n) is 2.43. The Kier molecular flexibility index (Phi) is 4.31. The van der Waals surface area contributed by atoms with Crippen LogP contribution in [0.3, 0.4) is 0 Å². The second-order valence-electron chi connectivity index (χ2n) is 4.13. The fourth-order valence-corrected chi connectivity index (χ4v) is 1.44. The number of rotatable bonds is 4. The van der Waals surface area contributed by atoms with Crippen molar-refractivity contribution in [3.63, 3.8) is 0 Å². The van der Waals surface area contributed by atoms with Crippen molar-refractivity contribution in [2.45, 2.75) is 19.9 Å². The van der Waals surface area contributed by atoms with Crippen LogP contribution >= 0.6 is 0 Å². The summed E-state index contributed by atoms with van der Waals surface area (Å²) < 4.78 is 18.2. The molecule has 0 radical (unpaired) electrons. The van der Waals surface area contributed by atoms with Gasteiger partial charge in [-0.1, -0.05) is 13.8 Å². The molecule has 0 spiro atoms. The average molecular weight is 240 g/mol. The van der Waals surface area contributed by atoms with Crippen LogP contribution in [-0.4, -0.2) is 19.1 Å². The van der Waals surface area contributed by atoms with Gasteiger partial charge in [-0.3, -0.25) is 0 Å². The minimum atomic E-state index is -0.585. The highest BCUT2D eigenvalue weighted by Gasteiger charge is 2.23. The minimum absolute atomic E-state index is 0.0144. The molecule has 0 aliphatic rings. The Morgan fingerprint density at radius 1 is 1.47 bits per heavy atom. The third kappa shape index (κ3) is 3.34. The van der Waals surface area contributed by atoms with E-state index in [4.69, 9.17) is 5.73 Å². The Balaban J connectivity index is 2.90. The molecule has 94 valence electrons. The number of esters is 1. The van der Waals surface area contributed by atoms with Gasteiger partial charge in [0, 0.05) is 5.69 Å². The van der Waals surface area contributed by atoms with Crippen LogP contribution in [0.4, 0.5) is 15.8 Å². The van der Waals surface area contributed by atoms with Gasteiger partial charge in [0.15, 0.2) is 0 Å². The summed E-state index contributed by atoms with van der Waals surface area (Å²) in [7, 11) is 1.30. The van der Waals surface area contributed by atoms with Crippen LogP contribution < -0.4 is 11.1 Å². The highest BCUT2D eigenvalue weighted by Crippen LogP contribution is 2.20. The second kappa shape index (κ2) is 5.52. The lowest BCUT2D eigenvalue weighted by molar-refractivity contribution is -0.142. The zero-order valence-electron chi connectivity index (χ0n) is 10.2. The van der Waals surface area contributed by atoms with E-state index in [2.05, 4.69) is 10.1 Å². The molecule has 1 rings (SSSR count). The van der Waals surface area contributed by atoms with Crippen molar-refractivity contribution in [1.29, 1.82) is 0 Å². The van der Waals surface area contributed by atoms with Crippen molar-refractivity contribution in [1.82, 2.24) is 0 Å². The van der Waals surface area contributed by atoms with Gasteiger partial charge in [-0.25, -0.2) is 9.18 Å². The number of nitrogen functional groups attached to an aromatic ring is 1. The lowest BCUT2D eigenvalue weighted by Crippen LogP contribution is -2.35. The fraction of sp³-hybridized carbons (Fsp3) is 0.417. The van der Waals surface area contributed by atoms with Crippen molar-refractivity contribution in [2.24, 2.45) is 5.92 Å². The van der Waals surface area contributed by atoms with E-state index < -0.39 is 17.8 Å². The first-order valence-corrected chi connectivity index (χ1v) is 5.35. The van der Waals surface area contributed by atoms with E-state index >= 15 is 0 Å². The number of halogens is 1. The summed E-state index contributed by atoms with van der Waals surface area (Å²) in [5.74, 6) is -0.921. The molecule has 0 fully saturated rings. The van der Waals surface area contributed by atoms with Crippen molar-refractivity contribution < 1.29 is 13.9 Å². The molecule has 4 nitrogen and oxygen atoms in total. The number of hydrogen-bond acceptors (Lipinski definition) is 4. The summed E-state index contributed by atoms with van der Waals surface area (Å²) in [6.45, 7) is 3.70. The van der Waals surface area contributed by atoms with Gasteiger partial charge in [-0.2, -0.15) is 0 Å². The van der Waals surface area contributed by atoms with E-state index in [1.165, 1.54) is 19.2 Å². The Morgan fingerprint density at radius 3 is 2.59 bits per heavy atom. The molecule has 0 aliphatic carbocycles. The molecule has 1 atom stereocenters. The first kappa shape index (κ1) is 13.3. The normalized spacial score (nSPS) is 12.3. The molecule has 3 N–H and O–H groups in total. The van der Waals surface area contributed by atoms with Gasteiger partial charge >= 0.3 is 5.97 Å². The molecule has 1 aromatic carbocycles. The van der Waals surface area contributed by atoms with E-state index in [1.54, 1.807) is 6.07 Å². The SMILES string of the molecule is COC(=O)C(Nc1ccc(N)cc1F)C(C)C. The molecule has 0 saturated carbocycles. The van der Waals surface area contributed by atoms with E-state index in [1.807, 2.05) is 13.8 Å². The zero-order chi connectivity index (χ0) is 13.0. The number of ether oxygens (including phenoxy) is 1. The van der Waals surface area contributed by atoms with Gasteiger partial charge in [0.2, 0.25) is 0 Å². The number of nitrogens with two attached hydrogens (primary N) is 1. The predicted molar refractivity (Wildman–Crippen MR) is 65.1 cm³/mol. The molecular weight excluding hydrogens is 223 g/mol. The number of nitrogens with one attached hydrogen (secondary N) is 1. The largest absolute Gasteiger partial charge is 0.467 e. The number of anilines is 2. The summed E-state index contributed by atoms with van der Waals surface area (Å²) in [5, 5.41) is 2.82. The van der Waals surface area contributed by atoms with Crippen molar-refractivity contribution >= 4 is 17.3 Å². The van der Waals surface area contributed by atoms with Crippen LogP contribution in [0.25, 0.3) is 0 Å². The van der Waals surface area contributed by atoms with Crippen LogP contribution in [-0.2, 0) is 9.53 Å². The highest BCUT2D eigenvalue weighted by atomic mass is 19.1. The molecule has 0 heterocycles. The van der Waals surface area contributed by atoms with E-state index in [-0.39, 0.29) is 11.6 Å². The van der Waals surface area contributed by atoms with Crippen molar-refractivity contribution in [3.05, 3.63) is 24.0 Å². The Morgan fingerprint density at radius 2 is 2.12 bits per heavy atom. The summed E-state index contributed by atoms with van der Waals surface area (Å²) >= 11 is 0. The Bertz CT molecular complexity index is 407. The number of hydrogen-bond donors (Lipinski definition) is 2. The summed E-state index contributed by atoms with van der Waals surface area (Å²) in [4.78, 5) is 11.5. The summed E-state index contributed by atoms with van der Waals surface area (Å²) in [6.07, 6.45) is 0. The molecule has 1 aromatic rings. The number of benzene rings is 1. The van der Waals surface area contributed by atoms with E-state index in [9.17, 15) is 9.18 Å². The lowest BCUT2D eigenvalue weighted by Gasteiger charge is -2.21. The zero-order valence-corrected chi connectivity index (χ0v) is 10.2. The predicted octanol–water partition coefficient (Wildman–Crippen LogP) is 2.02. The molecule has 0 saturated heterocycles. The molecule has 0 amide bonds. The van der Waals surface area contributed by atoms with Gasteiger partial charge in [-0.15, -0.1) is 0 Å². The first-order valence-electron chi connectivity index (χ1n) is 5.35. The smallest absolute Gasteiger partial charge is 0.328 e. The van der Waals surface area contributed by atoms with E-state index in [0.29, 0.717) is 5.69 Å². The second-order valence-corrected chi connectivity index (χ2v) is 4.13. The lowest BCUT2D eigenvalue weighted by atomic mass is 10.0. The maximum Gasteiger partial charge on any atom is 0.328 e. The van der Waals surface area contributed by atoms with Crippen LogP contribution in [0.1, 0.15) is 13.8 Å². The molecule has 0 aliphatic heterocycles. The topological polar surface area (TPSA) is 64.3 Å². The van der Waals surface area contributed by atoms with Gasteiger partial charge in [0.25, 0.3) is 0 Å². The maximum atomic E-state index is 13.5. The molecular formula is C12H17FN2O2. The fourth-order valence-electron chi connectivity index (χ4n) is 1.44. The van der Waals surface area contributed by atoms with Crippen LogP contribution in [0.15, 0.2) is 18.2 Å². The molecule has 0 aromatic heterocycles. The van der Waals surface area contributed by atoms with Gasteiger partial charge in [0.05, 0.1) is 12.8 Å². The number of carbonyl (C=O) groups is 1. The van der Waals surface area contributed by atoms with Gasteiger partial charge in [-0.05, 0) is 24.1 Å². The first-order chi connectivity index (χ1) is 7.95. The average Bonchev–Trinajstić information content (AvgIpc) is 2.26. The standard InChI is InChI=1S/C12H17FN2O2/c1-7(2)11(12(16)17-3)15-10-5-4-8(14)6-9(10)13/h4-7,11,15H,14H2,1-3H3. The van der Waals surface area contributed by atoms with Crippen LogP contribution in [0.5, 0.6) is 0 Å². The molecule has 5 heteroatoms. The number of carbonyl (C=O) groups excluding carboxylic acids is 1. The summed E-state index contributed by atoms with van der Waals surface area (Å²) in [5.41, 5.74) is 6.02. The highest BCUT2D eigenvalue weighted by molar-refractivity contribution is 5.79. The van der Waals surface area contributed by atoms with Gasteiger partial charge in [0.1, 0.15) is 11.9 Å². The Labute approximate surface area is 100.0 Å². The quantitative estimate of drug-likeness (QED) is 0.624. The number of methoxy groups -OCH3 is 1. The van der Waals surface area contributed by atoms with Crippen LogP contribution in [0, 0.1) is 11.7 Å². The molecule has 17 heavy (non-hydrogen) atoms. The maximum absolute atomic E-state index is 13.5. The molecule has 1 unspecified atom stereocenters. The van der Waals surface area contributed by atoms with Crippen molar-refractivity contribution in [3.8, 4) is 0 Å². The van der Waals surface area contributed by atoms with E-state index in [0.717, 1.165) is 0 Å². The van der Waals surface area contributed by atoms with Crippen LogP contribution in [0.2, 0.25) is 0 Å². The third-order valence-corrected chi connectivity index (χ3v) is 2.43. The molecule has 0 bridgehead atoms. The monoisotopic (exact) mass is 240 g/mol. The Hall–Kier alpha value is -1.78. The summed E-state index contributed by atoms with van der Waals surface area (Å²) in [6, 6.07) is 3.69. The minimum Gasteiger partial charge on any atom is -0.467 e. The van der Waals surface area contributed by atoms with Crippen molar-refractivity contribution in [2.75, 3.05) is 18.2 Å².